The fraction of sp³-hybridized carbons (Fsp3) is 0.0882. The molecule has 4 aromatic heterocycles. The minimum absolute atomic E-state index is 0.00914. The summed E-state index contributed by atoms with van der Waals surface area (Å²) < 4.78 is 7.64. The van der Waals surface area contributed by atoms with Gasteiger partial charge in [0.1, 0.15) is 22.9 Å². The molecule has 0 saturated carbocycles. The molecule has 0 spiro atoms. The van der Waals surface area contributed by atoms with Crippen LogP contribution in [0, 0.1) is 13.8 Å². The average molecular weight is 554 g/mol. The van der Waals surface area contributed by atoms with Crippen LogP contribution in [0.4, 0.5) is 5.82 Å². The first-order chi connectivity index (χ1) is 20.4. The van der Waals surface area contributed by atoms with E-state index in [2.05, 4.69) is 26.3 Å². The molecule has 4 heterocycles. The third-order valence-electron chi connectivity index (χ3n) is 7.01. The van der Waals surface area contributed by atoms with Crippen LogP contribution in [-0.4, -0.2) is 25.4 Å². The Morgan fingerprint density at radius 3 is 2.43 bits per heavy atom. The first-order valence-corrected chi connectivity index (χ1v) is 13.5. The molecule has 2 aromatic carbocycles. The molecular formula is C34H27N5O3. The van der Waals surface area contributed by atoms with Crippen molar-refractivity contribution in [1.82, 2.24) is 19.5 Å². The normalized spacial score (nSPS) is 10.9. The zero-order valence-electron chi connectivity index (χ0n) is 23.1. The predicted octanol–water partition coefficient (Wildman–Crippen LogP) is 6.56. The highest BCUT2D eigenvalue weighted by Crippen LogP contribution is 2.30. The fourth-order valence-corrected chi connectivity index (χ4v) is 4.66. The summed E-state index contributed by atoms with van der Waals surface area (Å²) in [5, 5.41) is 3.65. The monoisotopic (exact) mass is 553 g/mol. The number of carbonyl (C=O) groups excluding carboxylic acids is 1. The van der Waals surface area contributed by atoms with Crippen molar-refractivity contribution in [1.29, 1.82) is 0 Å². The molecule has 0 saturated heterocycles. The number of pyridine rings is 4. The molecule has 1 N–H and O–H groups in total. The minimum atomic E-state index is -0.563. The van der Waals surface area contributed by atoms with Crippen molar-refractivity contribution in [2.75, 3.05) is 5.32 Å². The van der Waals surface area contributed by atoms with E-state index in [9.17, 15) is 9.59 Å². The lowest BCUT2D eigenvalue weighted by Crippen LogP contribution is -2.29. The number of aryl methyl sites for hydroxylation is 2. The SMILES string of the molecule is Cc1cc2nccc(Oc3ccc(NC(=O)c4cc(-c5ccccn5)cn(Cc5ccccc5)c4=O)nc3)c2cc1C. The van der Waals surface area contributed by atoms with Gasteiger partial charge in [0.25, 0.3) is 11.5 Å². The van der Waals surface area contributed by atoms with E-state index in [1.165, 1.54) is 10.8 Å². The molecule has 1 amide bonds. The Balaban J connectivity index is 1.26. The lowest BCUT2D eigenvalue weighted by Gasteiger charge is -2.13. The Hall–Kier alpha value is -5.63. The maximum absolute atomic E-state index is 13.4. The Morgan fingerprint density at radius 1 is 0.857 bits per heavy atom. The Bertz CT molecular complexity index is 1950. The van der Waals surface area contributed by atoms with Gasteiger partial charge in [-0.1, -0.05) is 36.4 Å². The molecule has 0 aliphatic carbocycles. The summed E-state index contributed by atoms with van der Waals surface area (Å²) in [6, 6.07) is 25.9. The van der Waals surface area contributed by atoms with Crippen molar-refractivity contribution < 1.29 is 9.53 Å². The van der Waals surface area contributed by atoms with Gasteiger partial charge in [-0.15, -0.1) is 0 Å². The molecule has 0 atom stereocenters. The topological polar surface area (TPSA) is 99.0 Å². The van der Waals surface area contributed by atoms with E-state index < -0.39 is 11.5 Å². The van der Waals surface area contributed by atoms with Crippen LogP contribution in [0.1, 0.15) is 27.0 Å². The van der Waals surface area contributed by atoms with Gasteiger partial charge in [0.05, 0.1) is 24.0 Å². The largest absolute Gasteiger partial charge is 0.455 e. The zero-order valence-corrected chi connectivity index (χ0v) is 23.1. The third-order valence-corrected chi connectivity index (χ3v) is 7.01. The van der Waals surface area contributed by atoms with Crippen molar-refractivity contribution in [3.8, 4) is 22.8 Å². The molecule has 6 aromatic rings. The van der Waals surface area contributed by atoms with Crippen LogP contribution in [0.25, 0.3) is 22.2 Å². The molecule has 0 unspecified atom stereocenters. The summed E-state index contributed by atoms with van der Waals surface area (Å²) in [7, 11) is 0. The summed E-state index contributed by atoms with van der Waals surface area (Å²) in [5.41, 5.74) is 4.98. The Labute approximate surface area is 242 Å². The molecule has 0 aliphatic heterocycles. The number of hydrogen-bond donors (Lipinski definition) is 1. The lowest BCUT2D eigenvalue weighted by molar-refractivity contribution is 0.102. The number of fused-ring (bicyclic) bond motifs is 1. The summed E-state index contributed by atoms with van der Waals surface area (Å²) in [6.45, 7) is 4.41. The summed E-state index contributed by atoms with van der Waals surface area (Å²) in [5.74, 6) is 0.885. The number of hydrogen-bond acceptors (Lipinski definition) is 6. The van der Waals surface area contributed by atoms with E-state index in [0.29, 0.717) is 29.3 Å². The first-order valence-electron chi connectivity index (χ1n) is 13.5. The number of nitrogens with zero attached hydrogens (tertiary/aromatic N) is 4. The highest BCUT2D eigenvalue weighted by atomic mass is 16.5. The first kappa shape index (κ1) is 26.6. The zero-order chi connectivity index (χ0) is 29.1. The fourth-order valence-electron chi connectivity index (χ4n) is 4.66. The van der Waals surface area contributed by atoms with Gasteiger partial charge in [0, 0.05) is 29.5 Å². The molecule has 206 valence electrons. The van der Waals surface area contributed by atoms with Crippen LogP contribution in [0.3, 0.4) is 0 Å². The minimum Gasteiger partial charge on any atom is -0.455 e. The van der Waals surface area contributed by atoms with Crippen molar-refractivity contribution in [2.45, 2.75) is 20.4 Å². The van der Waals surface area contributed by atoms with E-state index in [0.717, 1.165) is 27.6 Å². The van der Waals surface area contributed by atoms with Gasteiger partial charge < -0.3 is 14.6 Å². The predicted molar refractivity (Wildman–Crippen MR) is 163 cm³/mol. The van der Waals surface area contributed by atoms with Crippen molar-refractivity contribution in [3.63, 3.8) is 0 Å². The van der Waals surface area contributed by atoms with Crippen molar-refractivity contribution >= 4 is 22.6 Å². The van der Waals surface area contributed by atoms with Gasteiger partial charge in [-0.2, -0.15) is 0 Å². The van der Waals surface area contributed by atoms with Crippen molar-refractivity contribution in [2.24, 2.45) is 0 Å². The number of rotatable bonds is 7. The van der Waals surface area contributed by atoms with Gasteiger partial charge in [0.2, 0.25) is 0 Å². The quantitative estimate of drug-likeness (QED) is 0.240. The van der Waals surface area contributed by atoms with E-state index in [1.54, 1.807) is 36.8 Å². The molecule has 8 heteroatoms. The number of nitrogens with one attached hydrogen (secondary N) is 1. The van der Waals surface area contributed by atoms with Crippen LogP contribution < -0.4 is 15.6 Å². The van der Waals surface area contributed by atoms with E-state index in [-0.39, 0.29) is 11.4 Å². The molecule has 8 nitrogen and oxygen atoms in total. The van der Waals surface area contributed by atoms with Crippen molar-refractivity contribution in [3.05, 3.63) is 142 Å². The van der Waals surface area contributed by atoms with Crippen LogP contribution in [-0.2, 0) is 6.54 Å². The Morgan fingerprint density at radius 2 is 1.67 bits per heavy atom. The van der Waals surface area contributed by atoms with Crippen LogP contribution >= 0.6 is 0 Å². The van der Waals surface area contributed by atoms with Crippen LogP contribution in [0.5, 0.6) is 11.5 Å². The van der Waals surface area contributed by atoms with Gasteiger partial charge in [-0.3, -0.25) is 19.6 Å². The number of ether oxygens (including phenoxy) is 1. The molecular weight excluding hydrogens is 526 g/mol. The maximum atomic E-state index is 13.4. The van der Waals surface area contributed by atoms with Gasteiger partial charge in [-0.25, -0.2) is 4.98 Å². The molecule has 0 fully saturated rings. The molecule has 6 rings (SSSR count). The number of amides is 1. The van der Waals surface area contributed by atoms with E-state index in [1.807, 2.05) is 74.5 Å². The van der Waals surface area contributed by atoms with E-state index >= 15 is 0 Å². The molecule has 0 aliphatic rings. The van der Waals surface area contributed by atoms with Gasteiger partial charge in [-0.05, 0) is 79.1 Å². The number of benzene rings is 2. The number of carbonyl (C=O) groups is 1. The highest BCUT2D eigenvalue weighted by molar-refractivity contribution is 6.04. The second-order valence-electron chi connectivity index (χ2n) is 9.97. The molecule has 42 heavy (non-hydrogen) atoms. The average Bonchev–Trinajstić information content (AvgIpc) is 3.01. The maximum Gasteiger partial charge on any atom is 0.263 e. The Kier molecular flexibility index (Phi) is 7.26. The second-order valence-corrected chi connectivity index (χ2v) is 9.97. The second kappa shape index (κ2) is 11.5. The molecule has 0 radical (unpaired) electrons. The van der Waals surface area contributed by atoms with Gasteiger partial charge in [0.15, 0.2) is 0 Å². The van der Waals surface area contributed by atoms with Gasteiger partial charge >= 0.3 is 0 Å². The summed E-state index contributed by atoms with van der Waals surface area (Å²) in [4.78, 5) is 40.0. The van der Waals surface area contributed by atoms with E-state index in [4.69, 9.17) is 4.74 Å². The van der Waals surface area contributed by atoms with Crippen LogP contribution in [0.15, 0.2) is 115 Å². The summed E-state index contributed by atoms with van der Waals surface area (Å²) >= 11 is 0. The highest BCUT2D eigenvalue weighted by Gasteiger charge is 2.17. The lowest BCUT2D eigenvalue weighted by atomic mass is 10.1. The van der Waals surface area contributed by atoms with Crippen LogP contribution in [0.2, 0.25) is 0 Å². The number of aromatic nitrogens is 4. The standard InChI is InChI=1S/C34H27N5O3/c1-22-16-27-30(17-23(22)2)36-15-13-31(27)42-26-11-12-32(37-19-26)38-33(40)28-18-25(29-10-6-7-14-35-29)21-39(34(28)41)20-24-8-4-3-5-9-24/h3-19,21H,20H2,1-2H3,(H,37,38,40). The third kappa shape index (κ3) is 5.64. The molecule has 0 bridgehead atoms. The summed E-state index contributed by atoms with van der Waals surface area (Å²) in [6.07, 6.45) is 6.63. The smallest absolute Gasteiger partial charge is 0.263 e. The number of anilines is 1.